The van der Waals surface area contributed by atoms with Gasteiger partial charge >= 0.3 is 0 Å². The molecule has 0 atom stereocenters. The number of rotatable bonds is 10. The molecular weight excluding hydrogens is 410 g/mol. The molecule has 0 fully saturated rings. The third-order valence-electron chi connectivity index (χ3n) is 4.31. The van der Waals surface area contributed by atoms with Gasteiger partial charge in [0.15, 0.2) is 5.82 Å². The molecule has 0 aliphatic rings. The molecule has 1 amide bonds. The highest BCUT2D eigenvalue weighted by Gasteiger charge is 2.11. The maximum atomic E-state index is 12.2. The number of methoxy groups -OCH3 is 1. The van der Waals surface area contributed by atoms with Gasteiger partial charge < -0.3 is 24.1 Å². The number of carbonyl (C=O) groups is 1. The Morgan fingerprint density at radius 2 is 1.66 bits per heavy atom. The molecule has 1 N–H and O–H groups in total. The van der Waals surface area contributed by atoms with Crippen molar-refractivity contribution in [2.75, 3.05) is 25.6 Å². The minimum absolute atomic E-state index is 0.0463. The fraction of sp³-hybridized carbons (Fsp3) is 0.208. The molecule has 1 aromatic heterocycles. The third kappa shape index (κ3) is 6.64. The molecule has 3 aromatic rings. The monoisotopic (exact) mass is 433 g/mol. The van der Waals surface area contributed by atoms with Crippen LogP contribution < -0.4 is 19.5 Å². The number of nitrogens with zero attached hydrogens (tertiary/aromatic N) is 2. The molecule has 8 heteroatoms. The van der Waals surface area contributed by atoms with Crippen LogP contribution in [0.4, 0.5) is 5.82 Å². The number of hydrogen-bond donors (Lipinski definition) is 1. The fourth-order valence-corrected chi connectivity index (χ4v) is 2.70. The highest BCUT2D eigenvalue weighted by molar-refractivity contribution is 6.09. The Morgan fingerprint density at radius 3 is 2.19 bits per heavy atom. The number of aromatic nitrogens is 1. The zero-order valence-electron chi connectivity index (χ0n) is 17.8. The summed E-state index contributed by atoms with van der Waals surface area (Å²) in [4.78, 5) is 12.2. The first-order valence-corrected chi connectivity index (χ1v) is 9.93. The van der Waals surface area contributed by atoms with Crippen LogP contribution in [0.2, 0.25) is 0 Å². The largest absolute Gasteiger partial charge is 0.497 e. The van der Waals surface area contributed by atoms with Crippen molar-refractivity contribution < 1.29 is 23.5 Å². The van der Waals surface area contributed by atoms with E-state index in [1.807, 2.05) is 30.3 Å². The van der Waals surface area contributed by atoms with E-state index in [-0.39, 0.29) is 11.4 Å². The van der Waals surface area contributed by atoms with Gasteiger partial charge in [-0.25, -0.2) is 0 Å². The highest BCUT2D eigenvalue weighted by atomic mass is 16.5. The van der Waals surface area contributed by atoms with Crippen LogP contribution in [0.25, 0.3) is 6.08 Å². The number of ether oxygens (including phenoxy) is 3. The number of carbonyl (C=O) groups excluding carboxylic acids is 1. The van der Waals surface area contributed by atoms with Crippen LogP contribution in [0.5, 0.6) is 17.2 Å². The second kappa shape index (κ2) is 11.2. The van der Waals surface area contributed by atoms with Crippen molar-refractivity contribution in [2.45, 2.75) is 13.3 Å². The van der Waals surface area contributed by atoms with Gasteiger partial charge in [-0.05, 0) is 55.0 Å². The van der Waals surface area contributed by atoms with Gasteiger partial charge in [0.25, 0.3) is 5.91 Å². The lowest BCUT2D eigenvalue weighted by Crippen LogP contribution is -2.13. The molecule has 164 valence electrons. The summed E-state index contributed by atoms with van der Waals surface area (Å²) in [5.74, 6) is 2.51. The third-order valence-corrected chi connectivity index (χ3v) is 4.31. The van der Waals surface area contributed by atoms with Crippen molar-refractivity contribution >= 4 is 17.8 Å². The van der Waals surface area contributed by atoms with Gasteiger partial charge in [-0.2, -0.15) is 5.26 Å². The Labute approximate surface area is 186 Å². The minimum atomic E-state index is -0.557. The van der Waals surface area contributed by atoms with Crippen molar-refractivity contribution in [3.8, 4) is 23.3 Å². The van der Waals surface area contributed by atoms with Gasteiger partial charge in [0.1, 0.15) is 34.7 Å². The Hall–Kier alpha value is -4.25. The molecule has 0 aliphatic carbocycles. The molecule has 0 aliphatic heterocycles. The van der Waals surface area contributed by atoms with Crippen LogP contribution in [-0.2, 0) is 4.79 Å². The number of aryl methyl sites for hydroxylation is 1. The highest BCUT2D eigenvalue weighted by Crippen LogP contribution is 2.18. The van der Waals surface area contributed by atoms with Crippen molar-refractivity contribution in [3.63, 3.8) is 0 Å². The summed E-state index contributed by atoms with van der Waals surface area (Å²) in [6.07, 6.45) is 2.21. The quantitative estimate of drug-likeness (QED) is 0.287. The molecule has 3 rings (SSSR count). The second-order valence-electron chi connectivity index (χ2n) is 6.74. The molecule has 0 bridgehead atoms. The first-order chi connectivity index (χ1) is 15.6. The first-order valence-electron chi connectivity index (χ1n) is 9.93. The van der Waals surface area contributed by atoms with E-state index < -0.39 is 5.91 Å². The molecule has 2 aromatic carbocycles. The predicted molar refractivity (Wildman–Crippen MR) is 119 cm³/mol. The smallest absolute Gasteiger partial charge is 0.267 e. The number of anilines is 1. The standard InChI is InChI=1S/C24H23N3O5/c1-17-14-23(27-32-17)26-24(28)19(16-25)15-18-4-6-21(7-5-18)30-12-3-13-31-22-10-8-20(29-2)9-11-22/h4-11,14-15H,3,12-13H2,1-2H3,(H,26,27,28). The minimum Gasteiger partial charge on any atom is -0.497 e. The van der Waals surface area contributed by atoms with Crippen LogP contribution in [0.1, 0.15) is 17.7 Å². The molecule has 0 saturated heterocycles. The van der Waals surface area contributed by atoms with E-state index in [4.69, 9.17) is 18.7 Å². The summed E-state index contributed by atoms with van der Waals surface area (Å²) in [5.41, 5.74) is 0.651. The Bertz CT molecular complexity index is 1100. The van der Waals surface area contributed by atoms with Crippen molar-refractivity contribution in [2.24, 2.45) is 0 Å². The van der Waals surface area contributed by atoms with E-state index in [0.29, 0.717) is 36.7 Å². The van der Waals surface area contributed by atoms with Crippen molar-refractivity contribution in [3.05, 3.63) is 71.5 Å². The molecule has 1 heterocycles. The average molecular weight is 433 g/mol. The van der Waals surface area contributed by atoms with E-state index in [0.717, 1.165) is 11.5 Å². The Balaban J connectivity index is 1.45. The molecule has 0 unspecified atom stereocenters. The molecule has 8 nitrogen and oxygen atoms in total. The van der Waals surface area contributed by atoms with Crippen molar-refractivity contribution in [1.82, 2.24) is 5.16 Å². The molecule has 0 saturated carbocycles. The summed E-state index contributed by atoms with van der Waals surface area (Å²) < 4.78 is 21.4. The number of nitriles is 1. The Morgan fingerprint density at radius 1 is 1.06 bits per heavy atom. The maximum absolute atomic E-state index is 12.2. The van der Waals surface area contributed by atoms with E-state index in [9.17, 15) is 10.1 Å². The van der Waals surface area contributed by atoms with Crippen LogP contribution in [-0.4, -0.2) is 31.4 Å². The number of nitrogens with one attached hydrogen (secondary N) is 1. The summed E-state index contributed by atoms with van der Waals surface area (Å²) in [6.45, 7) is 2.73. The van der Waals surface area contributed by atoms with Crippen molar-refractivity contribution in [1.29, 1.82) is 5.26 Å². The molecular formula is C24H23N3O5. The first kappa shape index (κ1) is 22.4. The van der Waals surface area contributed by atoms with Gasteiger partial charge in [-0.15, -0.1) is 0 Å². The SMILES string of the molecule is COc1ccc(OCCCOc2ccc(C=C(C#N)C(=O)Nc3cc(C)on3)cc2)cc1. The van der Waals surface area contributed by atoms with E-state index in [2.05, 4.69) is 10.5 Å². The predicted octanol–water partition coefficient (Wildman–Crippen LogP) is 4.39. The second-order valence-corrected chi connectivity index (χ2v) is 6.74. The number of benzene rings is 2. The molecule has 32 heavy (non-hydrogen) atoms. The zero-order valence-corrected chi connectivity index (χ0v) is 17.8. The fourth-order valence-electron chi connectivity index (χ4n) is 2.70. The molecule has 0 radical (unpaired) electrons. The van der Waals surface area contributed by atoms with Gasteiger partial charge in [-0.3, -0.25) is 4.79 Å². The normalized spacial score (nSPS) is 10.8. The summed E-state index contributed by atoms with van der Waals surface area (Å²) in [6, 6.07) is 18.0. The lowest BCUT2D eigenvalue weighted by atomic mass is 10.1. The maximum Gasteiger partial charge on any atom is 0.267 e. The lowest BCUT2D eigenvalue weighted by molar-refractivity contribution is -0.112. The van der Waals surface area contributed by atoms with E-state index in [1.165, 1.54) is 6.08 Å². The zero-order chi connectivity index (χ0) is 22.8. The van der Waals surface area contributed by atoms with Gasteiger partial charge in [0.05, 0.1) is 20.3 Å². The number of hydrogen-bond acceptors (Lipinski definition) is 7. The average Bonchev–Trinajstić information content (AvgIpc) is 3.22. The van der Waals surface area contributed by atoms with Crippen LogP contribution in [0, 0.1) is 18.3 Å². The topological polar surface area (TPSA) is 107 Å². The van der Waals surface area contributed by atoms with E-state index >= 15 is 0 Å². The summed E-state index contributed by atoms with van der Waals surface area (Å²) in [5, 5.41) is 15.5. The van der Waals surface area contributed by atoms with Gasteiger partial charge in [0, 0.05) is 12.5 Å². The van der Waals surface area contributed by atoms with Gasteiger partial charge in [-0.1, -0.05) is 17.3 Å². The lowest BCUT2D eigenvalue weighted by Gasteiger charge is -2.09. The van der Waals surface area contributed by atoms with Gasteiger partial charge in [0.2, 0.25) is 0 Å². The van der Waals surface area contributed by atoms with E-state index in [1.54, 1.807) is 44.4 Å². The summed E-state index contributed by atoms with van der Waals surface area (Å²) in [7, 11) is 1.62. The Kier molecular flexibility index (Phi) is 7.87. The van der Waals surface area contributed by atoms with Crippen LogP contribution >= 0.6 is 0 Å². The summed E-state index contributed by atoms with van der Waals surface area (Å²) >= 11 is 0. The number of amides is 1. The van der Waals surface area contributed by atoms with Crippen LogP contribution in [0.15, 0.2) is 64.7 Å². The van der Waals surface area contributed by atoms with Crippen LogP contribution in [0.3, 0.4) is 0 Å². The molecule has 0 spiro atoms.